The molecule has 7 heteroatoms. The molecule has 0 aliphatic heterocycles. The van der Waals surface area contributed by atoms with E-state index < -0.39 is 22.1 Å². The van der Waals surface area contributed by atoms with Crippen molar-refractivity contribution >= 4 is 11.6 Å². The number of H-pyrrole nitrogens is 1. The van der Waals surface area contributed by atoms with Gasteiger partial charge in [-0.2, -0.15) is 0 Å². The number of nitrogens with two attached hydrogens (primary N) is 1. The van der Waals surface area contributed by atoms with Gasteiger partial charge in [-0.25, -0.2) is 0 Å². The van der Waals surface area contributed by atoms with E-state index in [9.17, 15) is 19.7 Å². The summed E-state index contributed by atoms with van der Waals surface area (Å²) in [6.45, 7) is 1.30. The van der Waals surface area contributed by atoms with Crippen LogP contribution in [0.1, 0.15) is 15.9 Å². The maximum absolute atomic E-state index is 11.0. The van der Waals surface area contributed by atoms with Gasteiger partial charge in [0.15, 0.2) is 0 Å². The van der Waals surface area contributed by atoms with Crippen LogP contribution in [0.25, 0.3) is 0 Å². The van der Waals surface area contributed by atoms with E-state index in [-0.39, 0.29) is 11.1 Å². The Morgan fingerprint density at radius 2 is 2.21 bits per heavy atom. The van der Waals surface area contributed by atoms with Crippen LogP contribution in [0.5, 0.6) is 0 Å². The Hall–Kier alpha value is -2.18. The highest BCUT2D eigenvalue weighted by Crippen LogP contribution is 2.14. The van der Waals surface area contributed by atoms with E-state index in [4.69, 9.17) is 5.73 Å². The normalized spacial score (nSPS) is 9.79. The van der Waals surface area contributed by atoms with Gasteiger partial charge in [0.05, 0.1) is 10.5 Å². The van der Waals surface area contributed by atoms with Gasteiger partial charge in [-0.15, -0.1) is 0 Å². The predicted molar refractivity (Wildman–Crippen MR) is 47.0 cm³/mol. The van der Waals surface area contributed by atoms with Gasteiger partial charge in [0, 0.05) is 11.8 Å². The van der Waals surface area contributed by atoms with Gasteiger partial charge in [-0.1, -0.05) is 0 Å². The SMILES string of the molecule is Cc1c(C(N)=O)c[nH]c(=O)c1[N+](=O)[O-]. The van der Waals surface area contributed by atoms with Gasteiger partial charge in [-0.05, 0) is 6.92 Å². The third-order valence-corrected chi connectivity index (χ3v) is 1.77. The molecule has 0 unspecified atom stereocenters. The zero-order valence-corrected chi connectivity index (χ0v) is 7.23. The van der Waals surface area contributed by atoms with Crippen LogP contribution in [0, 0.1) is 17.0 Å². The van der Waals surface area contributed by atoms with Gasteiger partial charge in [0.2, 0.25) is 0 Å². The van der Waals surface area contributed by atoms with E-state index in [1.54, 1.807) is 0 Å². The molecule has 1 amide bonds. The Morgan fingerprint density at radius 3 is 2.64 bits per heavy atom. The first-order valence-corrected chi connectivity index (χ1v) is 3.61. The molecule has 1 aromatic heterocycles. The van der Waals surface area contributed by atoms with E-state index in [0.29, 0.717) is 0 Å². The van der Waals surface area contributed by atoms with Crippen molar-refractivity contribution in [1.29, 1.82) is 0 Å². The van der Waals surface area contributed by atoms with E-state index in [1.165, 1.54) is 6.92 Å². The average Bonchev–Trinajstić information content (AvgIpc) is 2.02. The average molecular weight is 197 g/mol. The number of aromatic amines is 1. The fourth-order valence-electron chi connectivity index (χ4n) is 1.09. The molecular formula is C7H7N3O4. The Kier molecular flexibility index (Phi) is 2.32. The second kappa shape index (κ2) is 3.29. The number of nitrogens with one attached hydrogen (secondary N) is 1. The van der Waals surface area contributed by atoms with Crippen LogP contribution in [-0.2, 0) is 0 Å². The lowest BCUT2D eigenvalue weighted by Gasteiger charge is -2.00. The number of carbonyl (C=O) groups is 1. The van der Waals surface area contributed by atoms with E-state index in [0.717, 1.165) is 6.20 Å². The summed E-state index contributed by atoms with van der Waals surface area (Å²) >= 11 is 0. The standard InChI is InChI=1S/C7H7N3O4/c1-3-4(6(8)11)2-9-7(12)5(3)10(13)14/h2H,1H3,(H2,8,11)(H,9,12). The van der Waals surface area contributed by atoms with Crippen LogP contribution < -0.4 is 11.3 Å². The molecule has 0 bridgehead atoms. The first-order valence-electron chi connectivity index (χ1n) is 3.61. The fraction of sp³-hybridized carbons (Fsp3) is 0.143. The first-order chi connectivity index (χ1) is 6.45. The molecule has 0 aliphatic carbocycles. The number of nitrogens with zero attached hydrogens (tertiary/aromatic N) is 1. The third-order valence-electron chi connectivity index (χ3n) is 1.77. The van der Waals surface area contributed by atoms with Crippen molar-refractivity contribution < 1.29 is 9.72 Å². The van der Waals surface area contributed by atoms with E-state index >= 15 is 0 Å². The summed E-state index contributed by atoms with van der Waals surface area (Å²) in [5, 5.41) is 10.5. The number of rotatable bonds is 2. The number of hydrogen-bond donors (Lipinski definition) is 2. The molecular weight excluding hydrogens is 190 g/mol. The van der Waals surface area contributed by atoms with Crippen molar-refractivity contribution in [2.75, 3.05) is 0 Å². The van der Waals surface area contributed by atoms with E-state index in [1.807, 2.05) is 0 Å². The summed E-state index contributed by atoms with van der Waals surface area (Å²) in [6, 6.07) is 0. The molecule has 0 atom stereocenters. The second-order valence-corrected chi connectivity index (χ2v) is 2.63. The number of primary amides is 1. The lowest BCUT2D eigenvalue weighted by atomic mass is 10.1. The van der Waals surface area contributed by atoms with Crippen molar-refractivity contribution in [3.05, 3.63) is 37.8 Å². The molecule has 7 nitrogen and oxygen atoms in total. The molecule has 3 N–H and O–H groups in total. The number of aromatic nitrogens is 1. The van der Waals surface area contributed by atoms with Crippen LogP contribution in [0.3, 0.4) is 0 Å². The van der Waals surface area contributed by atoms with Crippen LogP contribution in [0.15, 0.2) is 11.0 Å². The molecule has 1 aromatic rings. The van der Waals surface area contributed by atoms with Gasteiger partial charge in [0.1, 0.15) is 0 Å². The molecule has 0 saturated carbocycles. The van der Waals surface area contributed by atoms with Crippen LogP contribution in [0.4, 0.5) is 5.69 Å². The molecule has 0 aromatic carbocycles. The van der Waals surface area contributed by atoms with Crippen molar-refractivity contribution in [2.24, 2.45) is 5.73 Å². The molecule has 74 valence electrons. The van der Waals surface area contributed by atoms with Gasteiger partial charge < -0.3 is 10.7 Å². The topological polar surface area (TPSA) is 119 Å². The number of pyridine rings is 1. The number of amides is 1. The molecule has 0 aliphatic rings. The summed E-state index contributed by atoms with van der Waals surface area (Å²) < 4.78 is 0. The molecule has 0 radical (unpaired) electrons. The van der Waals surface area contributed by atoms with Crippen molar-refractivity contribution in [1.82, 2.24) is 4.98 Å². The minimum absolute atomic E-state index is 0.0220. The molecule has 0 fully saturated rings. The van der Waals surface area contributed by atoms with Gasteiger partial charge in [0.25, 0.3) is 5.91 Å². The fourth-order valence-corrected chi connectivity index (χ4v) is 1.09. The highest BCUT2D eigenvalue weighted by molar-refractivity contribution is 5.94. The van der Waals surface area contributed by atoms with Crippen molar-refractivity contribution in [2.45, 2.75) is 6.92 Å². The molecule has 1 heterocycles. The minimum Gasteiger partial charge on any atom is -0.366 e. The van der Waals surface area contributed by atoms with Crippen LogP contribution in [0.2, 0.25) is 0 Å². The smallest absolute Gasteiger partial charge is 0.337 e. The van der Waals surface area contributed by atoms with E-state index in [2.05, 4.69) is 4.98 Å². The zero-order valence-electron chi connectivity index (χ0n) is 7.23. The summed E-state index contributed by atoms with van der Waals surface area (Å²) in [7, 11) is 0. The highest BCUT2D eigenvalue weighted by Gasteiger charge is 2.21. The van der Waals surface area contributed by atoms with Crippen LogP contribution >= 0.6 is 0 Å². The third kappa shape index (κ3) is 1.47. The van der Waals surface area contributed by atoms with Crippen molar-refractivity contribution in [3.63, 3.8) is 0 Å². The summed E-state index contributed by atoms with van der Waals surface area (Å²) in [5.41, 5.74) is 3.37. The minimum atomic E-state index is -0.850. The second-order valence-electron chi connectivity index (χ2n) is 2.63. The Morgan fingerprint density at radius 1 is 1.64 bits per heavy atom. The maximum atomic E-state index is 11.0. The predicted octanol–water partition coefficient (Wildman–Crippen LogP) is -0.310. The Balaban J connectivity index is 3.57. The largest absolute Gasteiger partial charge is 0.366 e. The molecule has 1 rings (SSSR count). The lowest BCUT2D eigenvalue weighted by Crippen LogP contribution is -2.20. The monoisotopic (exact) mass is 197 g/mol. The molecule has 0 spiro atoms. The maximum Gasteiger partial charge on any atom is 0.337 e. The summed E-state index contributed by atoms with van der Waals surface area (Å²) in [4.78, 5) is 33.5. The Labute approximate surface area is 77.7 Å². The first kappa shape index (κ1) is 9.90. The van der Waals surface area contributed by atoms with Crippen molar-refractivity contribution in [3.8, 4) is 0 Å². The number of carbonyl (C=O) groups excluding carboxylic acids is 1. The summed E-state index contributed by atoms with van der Waals surface area (Å²) in [6.07, 6.45) is 1.06. The summed E-state index contributed by atoms with van der Waals surface area (Å²) in [5.74, 6) is -0.818. The number of nitro groups is 1. The zero-order chi connectivity index (χ0) is 10.9. The van der Waals surface area contributed by atoms with Gasteiger partial charge >= 0.3 is 11.2 Å². The van der Waals surface area contributed by atoms with Gasteiger partial charge in [-0.3, -0.25) is 19.7 Å². The highest BCUT2D eigenvalue weighted by atomic mass is 16.6. The lowest BCUT2D eigenvalue weighted by molar-refractivity contribution is -0.386. The Bertz CT molecular complexity index is 462. The number of hydrogen-bond acceptors (Lipinski definition) is 4. The molecule has 0 saturated heterocycles. The molecule has 14 heavy (non-hydrogen) atoms. The van der Waals surface area contributed by atoms with Crippen LogP contribution in [-0.4, -0.2) is 15.8 Å². The quantitative estimate of drug-likeness (QED) is 0.499.